The highest BCUT2D eigenvalue weighted by molar-refractivity contribution is 8.13. The summed E-state index contributed by atoms with van der Waals surface area (Å²) in [5.41, 5.74) is 0.0375. The number of anilines is 1. The first-order chi connectivity index (χ1) is 10.2. The monoisotopic (exact) mass is 345 g/mol. The van der Waals surface area contributed by atoms with E-state index in [1.165, 1.54) is 11.8 Å². The lowest BCUT2D eigenvalue weighted by Crippen LogP contribution is -2.25. The molecule has 0 radical (unpaired) electrons. The van der Waals surface area contributed by atoms with E-state index in [1.54, 1.807) is 0 Å². The van der Waals surface area contributed by atoms with E-state index >= 15 is 0 Å². The Labute approximate surface area is 132 Å². The molecule has 1 amide bonds. The molecule has 0 bridgehead atoms. The predicted octanol–water partition coefficient (Wildman–Crippen LogP) is 1.27. The Morgan fingerprint density at radius 2 is 2.14 bits per heavy atom. The minimum absolute atomic E-state index is 0.0375. The van der Waals surface area contributed by atoms with Crippen molar-refractivity contribution in [1.82, 2.24) is 0 Å². The molecule has 2 N–H and O–H groups in total. The van der Waals surface area contributed by atoms with Crippen molar-refractivity contribution >= 4 is 38.6 Å². The van der Waals surface area contributed by atoms with Crippen molar-refractivity contribution in [2.24, 2.45) is 5.92 Å². The Balaban J connectivity index is 2.25. The zero-order chi connectivity index (χ0) is 16.5. The molecule has 1 atom stereocenters. The van der Waals surface area contributed by atoms with Crippen molar-refractivity contribution in [3.8, 4) is 5.75 Å². The maximum Gasteiger partial charge on any atom is 0.294 e. The summed E-state index contributed by atoms with van der Waals surface area (Å²) < 4.78 is 31.4. The Morgan fingerprint density at radius 3 is 2.73 bits per heavy atom. The van der Waals surface area contributed by atoms with Crippen LogP contribution in [0, 0.1) is 5.92 Å². The summed E-state index contributed by atoms with van der Waals surface area (Å²) in [5.74, 6) is -0.0937. The van der Waals surface area contributed by atoms with Gasteiger partial charge in [-0.1, -0.05) is 11.8 Å². The number of phenols is 1. The van der Waals surface area contributed by atoms with Crippen LogP contribution in [0.25, 0.3) is 0 Å². The third-order valence-corrected chi connectivity index (χ3v) is 5.16. The average molecular weight is 345 g/mol. The fourth-order valence-electron chi connectivity index (χ4n) is 2.24. The Kier molecular flexibility index (Phi) is 4.78. The molecule has 1 aromatic rings. The van der Waals surface area contributed by atoms with Gasteiger partial charge in [-0.3, -0.25) is 14.1 Å². The molecule has 1 saturated heterocycles. The maximum atomic E-state index is 12.1. The lowest BCUT2D eigenvalue weighted by atomic mass is 10.1. The zero-order valence-corrected chi connectivity index (χ0v) is 13.4. The van der Waals surface area contributed by atoms with E-state index in [0.29, 0.717) is 5.75 Å². The van der Waals surface area contributed by atoms with E-state index in [0.717, 1.165) is 30.0 Å². The van der Waals surface area contributed by atoms with Gasteiger partial charge in [0, 0.05) is 25.6 Å². The van der Waals surface area contributed by atoms with E-state index < -0.39 is 15.0 Å². The Morgan fingerprint density at radius 1 is 1.45 bits per heavy atom. The van der Waals surface area contributed by atoms with Crippen molar-refractivity contribution in [1.29, 1.82) is 0 Å². The summed E-state index contributed by atoms with van der Waals surface area (Å²) in [4.78, 5) is 23.9. The van der Waals surface area contributed by atoms with Crippen LogP contribution in [0.15, 0.2) is 23.1 Å². The van der Waals surface area contributed by atoms with E-state index in [-0.39, 0.29) is 41.3 Å². The lowest BCUT2D eigenvalue weighted by Gasteiger charge is -2.18. The van der Waals surface area contributed by atoms with Gasteiger partial charge in [-0.15, -0.1) is 0 Å². The first-order valence-electron chi connectivity index (χ1n) is 6.42. The number of carbonyl (C=O) groups excluding carboxylic acids is 2. The molecule has 22 heavy (non-hydrogen) atoms. The molecule has 0 spiro atoms. The second-order valence-electron chi connectivity index (χ2n) is 5.00. The molecule has 1 heterocycles. The van der Waals surface area contributed by atoms with E-state index in [2.05, 4.69) is 0 Å². The summed E-state index contributed by atoms with van der Waals surface area (Å²) >= 11 is 1.12. The van der Waals surface area contributed by atoms with Gasteiger partial charge in [-0.2, -0.15) is 8.42 Å². The Bertz CT molecular complexity index is 715. The number of hydrogen-bond acceptors (Lipinski definition) is 6. The predicted molar refractivity (Wildman–Crippen MR) is 81.5 cm³/mol. The van der Waals surface area contributed by atoms with Crippen molar-refractivity contribution in [2.45, 2.75) is 18.2 Å². The topological polar surface area (TPSA) is 112 Å². The third-order valence-electron chi connectivity index (χ3n) is 3.26. The quantitative estimate of drug-likeness (QED) is 0.790. The number of phenolic OH excluding ortho intramolecular Hbond substituents is 1. The smallest absolute Gasteiger partial charge is 0.294 e. The van der Waals surface area contributed by atoms with Gasteiger partial charge in [0.2, 0.25) is 5.91 Å². The van der Waals surface area contributed by atoms with Crippen LogP contribution in [0.4, 0.5) is 5.69 Å². The minimum Gasteiger partial charge on any atom is -0.506 e. The van der Waals surface area contributed by atoms with Crippen LogP contribution >= 0.6 is 11.8 Å². The van der Waals surface area contributed by atoms with Gasteiger partial charge in [0.15, 0.2) is 5.12 Å². The molecule has 9 heteroatoms. The fourth-order valence-corrected chi connectivity index (χ4v) is 3.44. The highest BCUT2D eigenvalue weighted by Crippen LogP contribution is 2.35. The van der Waals surface area contributed by atoms with Crippen LogP contribution in [0.5, 0.6) is 5.75 Å². The number of aromatic hydroxyl groups is 1. The molecule has 0 aromatic heterocycles. The standard InChI is InChI=1S/C13H15NO6S2/c1-8(15)21-7-9-4-13(17)14(6-9)11-5-10(22(18,19)20)2-3-12(11)16/h2-3,5,9,16H,4,6-7H2,1H3,(H,18,19,20). The normalized spacial score (nSPS) is 18.7. The van der Waals surface area contributed by atoms with Crippen LogP contribution in [-0.4, -0.2) is 41.4 Å². The van der Waals surface area contributed by atoms with Gasteiger partial charge < -0.3 is 10.0 Å². The number of carbonyl (C=O) groups is 2. The molecule has 0 aliphatic carbocycles. The third kappa shape index (κ3) is 3.79. The molecule has 1 unspecified atom stereocenters. The van der Waals surface area contributed by atoms with Crippen molar-refractivity contribution in [2.75, 3.05) is 17.2 Å². The largest absolute Gasteiger partial charge is 0.506 e. The zero-order valence-electron chi connectivity index (χ0n) is 11.7. The fraction of sp³-hybridized carbons (Fsp3) is 0.385. The van der Waals surface area contributed by atoms with E-state index in [4.69, 9.17) is 4.55 Å². The number of rotatable bonds is 4. The van der Waals surface area contributed by atoms with E-state index in [9.17, 15) is 23.1 Å². The van der Waals surface area contributed by atoms with Gasteiger partial charge >= 0.3 is 0 Å². The molecule has 1 aromatic carbocycles. The van der Waals surface area contributed by atoms with Crippen molar-refractivity contribution in [3.63, 3.8) is 0 Å². The number of hydrogen-bond donors (Lipinski definition) is 2. The summed E-state index contributed by atoms with van der Waals surface area (Å²) in [6, 6.07) is 3.23. The van der Waals surface area contributed by atoms with Crippen LogP contribution in [0.2, 0.25) is 0 Å². The van der Waals surface area contributed by atoms with Gasteiger partial charge in [0.1, 0.15) is 5.75 Å². The Hall–Kier alpha value is -1.58. The maximum absolute atomic E-state index is 12.1. The van der Waals surface area contributed by atoms with Crippen LogP contribution < -0.4 is 4.90 Å². The summed E-state index contributed by atoms with van der Waals surface area (Å²) in [7, 11) is -4.42. The molecule has 1 aliphatic heterocycles. The molecular weight excluding hydrogens is 330 g/mol. The van der Waals surface area contributed by atoms with Gasteiger partial charge in [-0.25, -0.2) is 0 Å². The van der Waals surface area contributed by atoms with Crippen LogP contribution in [0.1, 0.15) is 13.3 Å². The number of thioether (sulfide) groups is 1. The summed E-state index contributed by atoms with van der Waals surface area (Å²) in [6.45, 7) is 1.72. The van der Waals surface area contributed by atoms with E-state index in [1.807, 2.05) is 0 Å². The summed E-state index contributed by atoms with van der Waals surface area (Å²) in [5, 5.41) is 9.81. The molecule has 2 rings (SSSR count). The van der Waals surface area contributed by atoms with Gasteiger partial charge in [0.25, 0.3) is 10.1 Å². The van der Waals surface area contributed by atoms with Crippen molar-refractivity contribution < 1.29 is 27.7 Å². The van der Waals surface area contributed by atoms with Crippen LogP contribution in [-0.2, 0) is 19.7 Å². The molecule has 120 valence electrons. The molecule has 0 saturated carbocycles. The lowest BCUT2D eigenvalue weighted by molar-refractivity contribution is -0.117. The first kappa shape index (κ1) is 16.8. The van der Waals surface area contributed by atoms with Gasteiger partial charge in [-0.05, 0) is 24.1 Å². The van der Waals surface area contributed by atoms with Gasteiger partial charge in [0.05, 0.1) is 10.6 Å². The van der Waals surface area contributed by atoms with Crippen molar-refractivity contribution in [3.05, 3.63) is 18.2 Å². The molecule has 1 aliphatic rings. The SMILES string of the molecule is CC(=O)SCC1CC(=O)N(c2cc(S(=O)(=O)O)ccc2O)C1. The first-order valence-corrected chi connectivity index (χ1v) is 8.85. The minimum atomic E-state index is -4.42. The molecule has 7 nitrogen and oxygen atoms in total. The highest BCUT2D eigenvalue weighted by atomic mass is 32.2. The highest BCUT2D eigenvalue weighted by Gasteiger charge is 2.32. The molecule has 1 fully saturated rings. The second kappa shape index (κ2) is 6.27. The number of amides is 1. The average Bonchev–Trinajstić information content (AvgIpc) is 2.77. The second-order valence-corrected chi connectivity index (χ2v) is 7.62. The number of nitrogens with zero attached hydrogens (tertiary/aromatic N) is 1. The molecular formula is C13H15NO6S2. The van der Waals surface area contributed by atoms with Crippen LogP contribution in [0.3, 0.4) is 0 Å². The number of benzene rings is 1. The summed E-state index contributed by atoms with van der Waals surface area (Å²) in [6.07, 6.45) is 0.218.